The largest absolute Gasteiger partial charge is 0.469 e. The van der Waals surface area contributed by atoms with Crippen molar-refractivity contribution in [2.75, 3.05) is 12.4 Å². The number of aromatic nitrogens is 1. The molecule has 2 rings (SSSR count). The van der Waals surface area contributed by atoms with Crippen LogP contribution >= 0.6 is 15.9 Å². The summed E-state index contributed by atoms with van der Waals surface area (Å²) in [6.07, 6.45) is 1.73. The van der Waals surface area contributed by atoms with Crippen molar-refractivity contribution in [3.05, 3.63) is 52.6 Å². The summed E-state index contributed by atoms with van der Waals surface area (Å²) < 4.78 is 5.67. The Balaban J connectivity index is 2.08. The summed E-state index contributed by atoms with van der Waals surface area (Å²) in [6.45, 7) is 1.82. The van der Waals surface area contributed by atoms with Gasteiger partial charge in [0, 0.05) is 16.4 Å². The Labute approximate surface area is 126 Å². The second-order valence-electron chi connectivity index (χ2n) is 4.35. The van der Waals surface area contributed by atoms with Gasteiger partial charge in [0.1, 0.15) is 5.82 Å². The Morgan fingerprint density at radius 3 is 2.50 bits per heavy atom. The molecular formula is C15H15BrN2O2. The molecule has 2 aromatic rings. The molecule has 0 saturated heterocycles. The SMILES string of the molecule is COC(=O)[C@@H](C)c1ccc(Nc2ccc(Br)cn2)cc1. The Hall–Kier alpha value is -1.88. The summed E-state index contributed by atoms with van der Waals surface area (Å²) in [4.78, 5) is 15.7. The lowest BCUT2D eigenvalue weighted by atomic mass is 10.0. The Morgan fingerprint density at radius 1 is 1.25 bits per heavy atom. The third-order valence-electron chi connectivity index (χ3n) is 2.97. The molecule has 0 amide bonds. The van der Waals surface area contributed by atoms with Crippen LogP contribution in [0.25, 0.3) is 0 Å². The van der Waals surface area contributed by atoms with E-state index < -0.39 is 0 Å². The highest BCUT2D eigenvalue weighted by Crippen LogP contribution is 2.21. The molecule has 0 spiro atoms. The Kier molecular flexibility index (Phi) is 4.74. The molecule has 0 saturated carbocycles. The molecule has 4 nitrogen and oxygen atoms in total. The highest BCUT2D eigenvalue weighted by molar-refractivity contribution is 9.10. The molecule has 0 aliphatic rings. The number of anilines is 2. The topological polar surface area (TPSA) is 51.2 Å². The fourth-order valence-corrected chi connectivity index (χ4v) is 2.00. The van der Waals surface area contributed by atoms with E-state index >= 15 is 0 Å². The van der Waals surface area contributed by atoms with E-state index in [0.717, 1.165) is 21.5 Å². The van der Waals surface area contributed by atoms with Crippen LogP contribution < -0.4 is 5.32 Å². The third-order valence-corrected chi connectivity index (χ3v) is 3.43. The molecule has 1 aromatic heterocycles. The van der Waals surface area contributed by atoms with Crippen LogP contribution in [0.5, 0.6) is 0 Å². The summed E-state index contributed by atoms with van der Waals surface area (Å²) in [5, 5.41) is 3.19. The van der Waals surface area contributed by atoms with Crippen molar-refractivity contribution in [3.8, 4) is 0 Å². The number of rotatable bonds is 4. The monoisotopic (exact) mass is 334 g/mol. The summed E-state index contributed by atoms with van der Waals surface area (Å²) in [5.41, 5.74) is 1.84. The molecular weight excluding hydrogens is 320 g/mol. The minimum absolute atomic E-state index is 0.236. The van der Waals surface area contributed by atoms with Gasteiger partial charge in [-0.2, -0.15) is 0 Å². The van der Waals surface area contributed by atoms with Gasteiger partial charge in [0.15, 0.2) is 0 Å². The van der Waals surface area contributed by atoms with Crippen LogP contribution in [0.15, 0.2) is 47.1 Å². The number of nitrogens with zero attached hydrogens (tertiary/aromatic N) is 1. The molecule has 20 heavy (non-hydrogen) atoms. The first kappa shape index (κ1) is 14.5. The zero-order valence-electron chi connectivity index (χ0n) is 11.3. The van der Waals surface area contributed by atoms with Crippen molar-refractivity contribution in [2.24, 2.45) is 0 Å². The van der Waals surface area contributed by atoms with E-state index in [2.05, 4.69) is 26.2 Å². The number of pyridine rings is 1. The molecule has 0 bridgehead atoms. The van der Waals surface area contributed by atoms with Gasteiger partial charge in [-0.3, -0.25) is 4.79 Å². The number of esters is 1. The lowest BCUT2D eigenvalue weighted by molar-refractivity contribution is -0.141. The zero-order chi connectivity index (χ0) is 14.5. The van der Waals surface area contributed by atoms with Gasteiger partial charge < -0.3 is 10.1 Å². The first-order chi connectivity index (χ1) is 9.60. The first-order valence-electron chi connectivity index (χ1n) is 6.16. The lowest BCUT2D eigenvalue weighted by Gasteiger charge is -2.11. The molecule has 5 heteroatoms. The van der Waals surface area contributed by atoms with Crippen LogP contribution in [0.3, 0.4) is 0 Å². The highest BCUT2D eigenvalue weighted by atomic mass is 79.9. The van der Waals surface area contributed by atoms with E-state index in [4.69, 9.17) is 4.74 Å². The summed E-state index contributed by atoms with van der Waals surface area (Å²) in [5.74, 6) is 0.266. The van der Waals surface area contributed by atoms with Crippen LogP contribution in [0.2, 0.25) is 0 Å². The summed E-state index contributed by atoms with van der Waals surface area (Å²) in [7, 11) is 1.40. The maximum absolute atomic E-state index is 11.5. The fraction of sp³-hybridized carbons (Fsp3) is 0.200. The smallest absolute Gasteiger partial charge is 0.312 e. The van der Waals surface area contributed by atoms with Crippen molar-refractivity contribution in [1.29, 1.82) is 0 Å². The molecule has 0 aliphatic carbocycles. The minimum Gasteiger partial charge on any atom is -0.469 e. The maximum atomic E-state index is 11.5. The molecule has 1 atom stereocenters. The molecule has 1 aromatic carbocycles. The van der Waals surface area contributed by atoms with Gasteiger partial charge >= 0.3 is 5.97 Å². The van der Waals surface area contributed by atoms with Crippen LogP contribution in [0, 0.1) is 0 Å². The first-order valence-corrected chi connectivity index (χ1v) is 6.96. The number of benzene rings is 1. The number of ether oxygens (including phenoxy) is 1. The average molecular weight is 335 g/mol. The number of nitrogens with one attached hydrogen (secondary N) is 1. The van der Waals surface area contributed by atoms with Crippen LogP contribution in [0.1, 0.15) is 18.4 Å². The van der Waals surface area contributed by atoms with E-state index in [1.165, 1.54) is 7.11 Å². The molecule has 0 radical (unpaired) electrons. The van der Waals surface area contributed by atoms with Gasteiger partial charge in [0.05, 0.1) is 13.0 Å². The van der Waals surface area contributed by atoms with E-state index in [-0.39, 0.29) is 11.9 Å². The standard InChI is InChI=1S/C15H15BrN2O2/c1-10(15(19)20-2)11-3-6-13(7-4-11)18-14-8-5-12(16)9-17-14/h3-10H,1-2H3,(H,17,18)/t10-/m0/s1. The van der Waals surface area contributed by atoms with Crippen LogP contribution in [0.4, 0.5) is 11.5 Å². The van der Waals surface area contributed by atoms with Crippen LogP contribution in [-0.2, 0) is 9.53 Å². The van der Waals surface area contributed by atoms with Gasteiger partial charge in [-0.15, -0.1) is 0 Å². The summed E-state index contributed by atoms with van der Waals surface area (Å²) in [6, 6.07) is 11.4. The zero-order valence-corrected chi connectivity index (χ0v) is 12.8. The van der Waals surface area contributed by atoms with Crippen molar-refractivity contribution in [2.45, 2.75) is 12.8 Å². The Morgan fingerprint density at radius 2 is 1.95 bits per heavy atom. The average Bonchev–Trinajstić information content (AvgIpc) is 2.49. The second kappa shape index (κ2) is 6.52. The van der Waals surface area contributed by atoms with E-state index in [1.54, 1.807) is 6.20 Å². The number of methoxy groups -OCH3 is 1. The van der Waals surface area contributed by atoms with Crippen molar-refractivity contribution in [3.63, 3.8) is 0 Å². The highest BCUT2D eigenvalue weighted by Gasteiger charge is 2.15. The van der Waals surface area contributed by atoms with Gasteiger partial charge in [0.2, 0.25) is 0 Å². The minimum atomic E-state index is -0.264. The van der Waals surface area contributed by atoms with Gasteiger partial charge in [-0.05, 0) is 52.7 Å². The molecule has 1 N–H and O–H groups in total. The van der Waals surface area contributed by atoms with Gasteiger partial charge in [-0.25, -0.2) is 4.98 Å². The normalized spacial score (nSPS) is 11.8. The third kappa shape index (κ3) is 3.57. The van der Waals surface area contributed by atoms with Crippen molar-refractivity contribution >= 4 is 33.4 Å². The molecule has 1 heterocycles. The van der Waals surface area contributed by atoms with Crippen molar-refractivity contribution in [1.82, 2.24) is 4.98 Å². The quantitative estimate of drug-likeness (QED) is 0.862. The number of hydrogen-bond donors (Lipinski definition) is 1. The Bertz CT molecular complexity index is 582. The predicted molar refractivity (Wildman–Crippen MR) is 82.1 cm³/mol. The van der Waals surface area contributed by atoms with E-state index in [0.29, 0.717) is 0 Å². The van der Waals surface area contributed by atoms with Gasteiger partial charge in [-0.1, -0.05) is 12.1 Å². The fourth-order valence-electron chi connectivity index (χ4n) is 1.77. The van der Waals surface area contributed by atoms with E-state index in [1.807, 2.05) is 43.3 Å². The number of carbonyl (C=O) groups is 1. The maximum Gasteiger partial charge on any atom is 0.312 e. The number of halogens is 1. The van der Waals surface area contributed by atoms with Crippen molar-refractivity contribution < 1.29 is 9.53 Å². The summed E-state index contributed by atoms with van der Waals surface area (Å²) >= 11 is 3.34. The number of carbonyl (C=O) groups excluding carboxylic acids is 1. The molecule has 0 aliphatic heterocycles. The van der Waals surface area contributed by atoms with E-state index in [9.17, 15) is 4.79 Å². The van der Waals surface area contributed by atoms with Crippen LogP contribution in [-0.4, -0.2) is 18.1 Å². The number of hydrogen-bond acceptors (Lipinski definition) is 4. The molecule has 104 valence electrons. The molecule has 0 fully saturated rings. The molecule has 0 unspecified atom stereocenters. The predicted octanol–water partition coefficient (Wildman–Crippen LogP) is 3.86. The van der Waals surface area contributed by atoms with Gasteiger partial charge in [0.25, 0.3) is 0 Å². The second-order valence-corrected chi connectivity index (χ2v) is 5.27. The lowest BCUT2D eigenvalue weighted by Crippen LogP contribution is -2.10.